The van der Waals surface area contributed by atoms with Crippen LogP contribution in [0.5, 0.6) is 0 Å². The van der Waals surface area contributed by atoms with Gasteiger partial charge < -0.3 is 12.4 Å². The van der Waals surface area contributed by atoms with Gasteiger partial charge in [0.2, 0.25) is 0 Å². The molecule has 1 aromatic heterocycles. The summed E-state index contributed by atoms with van der Waals surface area (Å²) in [7, 11) is 1.74. The molecule has 0 radical (unpaired) electrons. The molecule has 0 saturated heterocycles. The lowest BCUT2D eigenvalue weighted by Crippen LogP contribution is -3.00. The zero-order chi connectivity index (χ0) is 9.97. The van der Waals surface area contributed by atoms with Crippen molar-refractivity contribution < 1.29 is 17.0 Å². The lowest BCUT2D eigenvalue weighted by atomic mass is 10.3. The number of hydrogen-bond donors (Lipinski definition) is 0. The maximum Gasteiger partial charge on any atom is 0.502 e. The molecule has 0 atom stereocenters. The molecule has 0 aliphatic carbocycles. The van der Waals surface area contributed by atoms with Gasteiger partial charge in [0.25, 0.3) is 0 Å². The highest BCUT2D eigenvalue weighted by Crippen LogP contribution is 2.01. The molecule has 0 spiro atoms. The summed E-state index contributed by atoms with van der Waals surface area (Å²) < 4.78 is 3.16. The molecule has 0 N–H and O–H groups in total. The summed E-state index contributed by atoms with van der Waals surface area (Å²) in [5.41, 5.74) is 0.840. The monoisotopic (exact) mass is 222 g/mol. The second-order valence-corrected chi connectivity index (χ2v) is 3.09. The SMILES string of the molecule is C[n+]1cccn(-c2ccccc2)c1=O.[Cl-]. The van der Waals surface area contributed by atoms with Gasteiger partial charge >= 0.3 is 5.69 Å². The van der Waals surface area contributed by atoms with Crippen molar-refractivity contribution >= 4 is 0 Å². The summed E-state index contributed by atoms with van der Waals surface area (Å²) in [6.07, 6.45) is 3.50. The van der Waals surface area contributed by atoms with Crippen LogP contribution in [0.4, 0.5) is 0 Å². The van der Waals surface area contributed by atoms with Gasteiger partial charge in [-0.05, 0) is 12.1 Å². The molecule has 3 nitrogen and oxygen atoms in total. The first-order valence-corrected chi connectivity index (χ1v) is 4.42. The lowest BCUT2D eigenvalue weighted by Gasteiger charge is -1.97. The van der Waals surface area contributed by atoms with E-state index in [1.54, 1.807) is 28.6 Å². The molecular weight excluding hydrogens is 212 g/mol. The van der Waals surface area contributed by atoms with Gasteiger partial charge in [-0.25, -0.2) is 4.57 Å². The molecule has 0 amide bonds. The molecule has 0 aliphatic rings. The van der Waals surface area contributed by atoms with Crippen molar-refractivity contribution in [2.24, 2.45) is 7.05 Å². The molecule has 0 bridgehead atoms. The smallest absolute Gasteiger partial charge is 0.502 e. The molecular formula is C11H11ClN2O. The third-order valence-electron chi connectivity index (χ3n) is 2.09. The highest BCUT2D eigenvalue weighted by molar-refractivity contribution is 5.30. The van der Waals surface area contributed by atoms with E-state index >= 15 is 0 Å². The van der Waals surface area contributed by atoms with Crippen LogP contribution in [0.3, 0.4) is 0 Å². The van der Waals surface area contributed by atoms with E-state index in [-0.39, 0.29) is 18.1 Å². The van der Waals surface area contributed by atoms with Crippen molar-refractivity contribution in [2.45, 2.75) is 0 Å². The van der Waals surface area contributed by atoms with Crippen LogP contribution >= 0.6 is 0 Å². The summed E-state index contributed by atoms with van der Waals surface area (Å²) in [5.74, 6) is 0. The molecule has 78 valence electrons. The number of nitrogens with zero attached hydrogens (tertiary/aromatic N) is 2. The highest BCUT2D eigenvalue weighted by Gasteiger charge is 2.07. The minimum atomic E-state index is -0.0429. The molecule has 1 heterocycles. The Labute approximate surface area is 94.0 Å². The highest BCUT2D eigenvalue weighted by atomic mass is 35.5. The number of halogens is 1. The van der Waals surface area contributed by atoms with Crippen molar-refractivity contribution in [3.63, 3.8) is 0 Å². The first kappa shape index (κ1) is 11.5. The molecule has 2 rings (SSSR count). The van der Waals surface area contributed by atoms with E-state index in [2.05, 4.69) is 0 Å². The Bertz CT molecular complexity index is 493. The zero-order valence-electron chi connectivity index (χ0n) is 8.30. The molecule has 0 saturated carbocycles. The van der Waals surface area contributed by atoms with Gasteiger partial charge in [0, 0.05) is 6.07 Å². The first-order chi connectivity index (χ1) is 6.79. The van der Waals surface area contributed by atoms with Crippen LogP contribution < -0.4 is 22.7 Å². The van der Waals surface area contributed by atoms with Crippen LogP contribution in [0.15, 0.2) is 53.6 Å². The standard InChI is InChI=1S/C11H11N2O.ClH/c1-12-8-5-9-13(11(12)14)10-6-3-2-4-7-10;/h2-9H,1H3;1H/q+1;/p-1. The molecule has 1 aromatic carbocycles. The minimum absolute atomic E-state index is 0. The Morgan fingerprint density at radius 3 is 2.47 bits per heavy atom. The Morgan fingerprint density at radius 2 is 1.80 bits per heavy atom. The van der Waals surface area contributed by atoms with E-state index in [1.807, 2.05) is 36.4 Å². The second-order valence-electron chi connectivity index (χ2n) is 3.09. The van der Waals surface area contributed by atoms with E-state index in [4.69, 9.17) is 0 Å². The normalized spacial score (nSPS) is 9.40. The first-order valence-electron chi connectivity index (χ1n) is 4.42. The van der Waals surface area contributed by atoms with Gasteiger partial charge in [-0.15, -0.1) is 0 Å². The van der Waals surface area contributed by atoms with Gasteiger partial charge in [-0.2, -0.15) is 9.36 Å². The van der Waals surface area contributed by atoms with Gasteiger partial charge in [-0.1, -0.05) is 18.2 Å². The fraction of sp³-hybridized carbons (Fsp3) is 0.0909. The van der Waals surface area contributed by atoms with E-state index < -0.39 is 0 Å². The largest absolute Gasteiger partial charge is 1.00 e. The number of aromatic nitrogens is 2. The minimum Gasteiger partial charge on any atom is -1.00 e. The van der Waals surface area contributed by atoms with Crippen LogP contribution in [0.25, 0.3) is 5.69 Å². The average molecular weight is 223 g/mol. The Hall–Kier alpha value is -1.61. The van der Waals surface area contributed by atoms with Crippen molar-refractivity contribution in [2.75, 3.05) is 0 Å². The van der Waals surface area contributed by atoms with Crippen LogP contribution in [0.2, 0.25) is 0 Å². The van der Waals surface area contributed by atoms with Crippen molar-refractivity contribution in [1.82, 2.24) is 4.57 Å². The van der Waals surface area contributed by atoms with Crippen LogP contribution in [-0.4, -0.2) is 4.57 Å². The molecule has 2 aromatic rings. The van der Waals surface area contributed by atoms with Crippen LogP contribution in [0.1, 0.15) is 0 Å². The topological polar surface area (TPSA) is 25.9 Å². The molecule has 0 unspecified atom stereocenters. The Kier molecular flexibility index (Phi) is 3.63. The quantitative estimate of drug-likeness (QED) is 0.497. The number of benzene rings is 1. The van der Waals surface area contributed by atoms with Crippen molar-refractivity contribution in [1.29, 1.82) is 0 Å². The van der Waals surface area contributed by atoms with E-state index in [0.717, 1.165) is 5.69 Å². The van der Waals surface area contributed by atoms with Gasteiger partial charge in [-0.3, -0.25) is 0 Å². The second kappa shape index (κ2) is 4.75. The van der Waals surface area contributed by atoms with Crippen LogP contribution in [0, 0.1) is 0 Å². The maximum atomic E-state index is 11.7. The number of para-hydroxylation sites is 1. The number of aryl methyl sites for hydroxylation is 1. The summed E-state index contributed by atoms with van der Waals surface area (Å²) in [5, 5.41) is 0. The third kappa shape index (κ3) is 2.25. The predicted octanol–water partition coefficient (Wildman–Crippen LogP) is -2.33. The fourth-order valence-corrected chi connectivity index (χ4v) is 1.34. The summed E-state index contributed by atoms with van der Waals surface area (Å²) in [4.78, 5) is 11.7. The molecule has 0 fully saturated rings. The maximum absolute atomic E-state index is 11.7. The lowest BCUT2D eigenvalue weighted by molar-refractivity contribution is -0.690. The zero-order valence-corrected chi connectivity index (χ0v) is 9.06. The summed E-state index contributed by atoms with van der Waals surface area (Å²) in [6.45, 7) is 0. The van der Waals surface area contributed by atoms with Gasteiger partial charge in [0.15, 0.2) is 0 Å². The van der Waals surface area contributed by atoms with E-state index in [9.17, 15) is 4.79 Å². The van der Waals surface area contributed by atoms with E-state index in [0.29, 0.717) is 0 Å². The van der Waals surface area contributed by atoms with Gasteiger partial charge in [0.05, 0.1) is 13.2 Å². The molecule has 4 heteroatoms. The summed E-state index contributed by atoms with van der Waals surface area (Å²) in [6, 6.07) is 11.4. The van der Waals surface area contributed by atoms with Crippen LogP contribution in [-0.2, 0) is 7.05 Å². The van der Waals surface area contributed by atoms with Crippen molar-refractivity contribution in [3.8, 4) is 5.69 Å². The molecule has 15 heavy (non-hydrogen) atoms. The van der Waals surface area contributed by atoms with Crippen molar-refractivity contribution in [3.05, 3.63) is 59.3 Å². The predicted molar refractivity (Wildman–Crippen MR) is 53.2 cm³/mol. The average Bonchev–Trinajstić information content (AvgIpc) is 2.23. The Morgan fingerprint density at radius 1 is 1.13 bits per heavy atom. The third-order valence-corrected chi connectivity index (χ3v) is 2.09. The van der Waals surface area contributed by atoms with Gasteiger partial charge in [0.1, 0.15) is 11.9 Å². The fourth-order valence-electron chi connectivity index (χ4n) is 1.34. The molecule has 0 aliphatic heterocycles. The Balaban J connectivity index is 0.00000112. The summed E-state index contributed by atoms with van der Waals surface area (Å²) >= 11 is 0. The number of hydrogen-bond acceptors (Lipinski definition) is 1. The number of rotatable bonds is 1. The van der Waals surface area contributed by atoms with E-state index in [1.165, 1.54) is 0 Å².